The van der Waals surface area contributed by atoms with Gasteiger partial charge in [0.25, 0.3) is 0 Å². The normalized spacial score (nSPS) is 20.0. The Morgan fingerprint density at radius 1 is 1.55 bits per heavy atom. The summed E-state index contributed by atoms with van der Waals surface area (Å²) in [5.41, 5.74) is 0.557. The van der Waals surface area contributed by atoms with Gasteiger partial charge >= 0.3 is 0 Å². The average Bonchev–Trinajstić information content (AvgIpc) is 3.10. The Balaban J connectivity index is 1.92. The molecular weight excluding hydrogens is 325 g/mol. The molecule has 1 fully saturated rings. The molecule has 0 bridgehead atoms. The maximum absolute atomic E-state index is 13.3. The zero-order valence-corrected chi connectivity index (χ0v) is 13.8. The van der Waals surface area contributed by atoms with Crippen molar-refractivity contribution in [1.82, 2.24) is 9.97 Å². The fraction of sp³-hybridized carbons (Fsp3) is 0.400. The van der Waals surface area contributed by atoms with Gasteiger partial charge in [0.1, 0.15) is 15.8 Å². The van der Waals surface area contributed by atoms with E-state index in [1.54, 1.807) is 4.90 Å². The lowest BCUT2D eigenvalue weighted by Gasteiger charge is -2.19. The molecule has 1 saturated carbocycles. The highest BCUT2D eigenvalue weighted by Crippen LogP contribution is 2.43. The van der Waals surface area contributed by atoms with E-state index < -0.39 is 5.82 Å². The van der Waals surface area contributed by atoms with Crippen molar-refractivity contribution < 1.29 is 9.18 Å². The third kappa shape index (κ3) is 2.85. The SMILES string of the molecule is CCN(C(=O)C1CC1C)c1sc(-c2cncc(F)c2)nc1Cl. The Morgan fingerprint density at radius 3 is 2.86 bits per heavy atom. The van der Waals surface area contributed by atoms with E-state index in [0.29, 0.717) is 28.0 Å². The van der Waals surface area contributed by atoms with Gasteiger partial charge in [-0.1, -0.05) is 29.9 Å². The number of hydrogen-bond acceptors (Lipinski definition) is 4. The standard InChI is InChI=1S/C15H15ClFN3OS/c1-3-20(14(21)11-4-8(11)2)15-12(16)19-13(22-15)9-5-10(17)7-18-6-9/h5-8,11H,3-4H2,1-2H3. The van der Waals surface area contributed by atoms with Crippen molar-refractivity contribution in [2.45, 2.75) is 20.3 Å². The van der Waals surface area contributed by atoms with Crippen LogP contribution >= 0.6 is 22.9 Å². The van der Waals surface area contributed by atoms with E-state index in [9.17, 15) is 9.18 Å². The number of pyridine rings is 1. The van der Waals surface area contributed by atoms with Crippen molar-refractivity contribution in [2.24, 2.45) is 11.8 Å². The second-order valence-corrected chi connectivity index (χ2v) is 6.74. The first-order valence-corrected chi connectivity index (χ1v) is 8.29. The molecule has 116 valence electrons. The number of carbonyl (C=O) groups excluding carboxylic acids is 1. The molecule has 1 aliphatic carbocycles. The van der Waals surface area contributed by atoms with Gasteiger partial charge in [-0.25, -0.2) is 9.37 Å². The van der Waals surface area contributed by atoms with E-state index in [1.807, 2.05) is 6.92 Å². The molecule has 0 saturated heterocycles. The number of hydrogen-bond donors (Lipinski definition) is 0. The average molecular weight is 340 g/mol. The van der Waals surface area contributed by atoms with Crippen molar-refractivity contribution in [3.05, 3.63) is 29.4 Å². The first-order chi connectivity index (χ1) is 10.5. The lowest BCUT2D eigenvalue weighted by Crippen LogP contribution is -2.31. The molecule has 2 aromatic heterocycles. The highest BCUT2D eigenvalue weighted by Gasteiger charge is 2.42. The molecule has 2 unspecified atom stereocenters. The molecule has 0 N–H and O–H groups in total. The summed E-state index contributed by atoms with van der Waals surface area (Å²) < 4.78 is 13.3. The van der Waals surface area contributed by atoms with E-state index in [2.05, 4.69) is 16.9 Å². The Bertz CT molecular complexity index is 721. The van der Waals surface area contributed by atoms with Gasteiger partial charge in [-0.15, -0.1) is 0 Å². The minimum Gasteiger partial charge on any atom is -0.301 e. The molecule has 0 aliphatic heterocycles. The molecule has 22 heavy (non-hydrogen) atoms. The number of thiazole rings is 1. The molecule has 2 heterocycles. The van der Waals surface area contributed by atoms with Crippen molar-refractivity contribution >= 4 is 33.8 Å². The highest BCUT2D eigenvalue weighted by molar-refractivity contribution is 7.19. The van der Waals surface area contributed by atoms with E-state index in [-0.39, 0.29) is 17.0 Å². The molecule has 1 amide bonds. The molecule has 1 aliphatic rings. The predicted molar refractivity (Wildman–Crippen MR) is 85.6 cm³/mol. The second kappa shape index (κ2) is 5.93. The summed E-state index contributed by atoms with van der Waals surface area (Å²) in [5, 5.41) is 1.45. The van der Waals surface area contributed by atoms with Gasteiger partial charge in [-0.2, -0.15) is 0 Å². The Kier molecular flexibility index (Phi) is 4.14. The highest BCUT2D eigenvalue weighted by atomic mass is 35.5. The summed E-state index contributed by atoms with van der Waals surface area (Å²) in [6.45, 7) is 4.50. The first kappa shape index (κ1) is 15.4. The van der Waals surface area contributed by atoms with Gasteiger partial charge in [0.2, 0.25) is 5.91 Å². The van der Waals surface area contributed by atoms with Gasteiger partial charge < -0.3 is 4.90 Å². The number of carbonyl (C=O) groups is 1. The summed E-state index contributed by atoms with van der Waals surface area (Å²) in [7, 11) is 0. The minimum atomic E-state index is -0.430. The largest absolute Gasteiger partial charge is 0.301 e. The number of aromatic nitrogens is 2. The number of anilines is 1. The van der Waals surface area contributed by atoms with Crippen LogP contribution in [0.15, 0.2) is 18.5 Å². The van der Waals surface area contributed by atoms with Crippen molar-refractivity contribution in [3.63, 3.8) is 0 Å². The van der Waals surface area contributed by atoms with Crippen LogP contribution in [0.2, 0.25) is 5.15 Å². The maximum Gasteiger partial charge on any atom is 0.231 e. The minimum absolute atomic E-state index is 0.0809. The monoisotopic (exact) mass is 339 g/mol. The summed E-state index contributed by atoms with van der Waals surface area (Å²) in [6.07, 6.45) is 3.59. The Morgan fingerprint density at radius 2 is 2.27 bits per heavy atom. The second-order valence-electron chi connectivity index (χ2n) is 5.41. The Hall–Kier alpha value is -1.53. The fourth-order valence-electron chi connectivity index (χ4n) is 2.38. The molecule has 4 nitrogen and oxygen atoms in total. The fourth-order valence-corrected chi connectivity index (χ4v) is 3.74. The zero-order valence-electron chi connectivity index (χ0n) is 12.2. The predicted octanol–water partition coefficient (Wildman–Crippen LogP) is 4.01. The van der Waals surface area contributed by atoms with Crippen LogP contribution in [-0.4, -0.2) is 22.4 Å². The number of rotatable bonds is 4. The third-order valence-corrected chi connectivity index (χ3v) is 5.28. The quantitative estimate of drug-likeness (QED) is 0.845. The lowest BCUT2D eigenvalue weighted by molar-refractivity contribution is -0.120. The van der Waals surface area contributed by atoms with Crippen LogP contribution in [0.1, 0.15) is 20.3 Å². The molecule has 2 aromatic rings. The first-order valence-electron chi connectivity index (χ1n) is 7.10. The molecule has 0 radical (unpaired) electrons. The van der Waals surface area contributed by atoms with Crippen molar-refractivity contribution in [3.8, 4) is 10.6 Å². The van der Waals surface area contributed by atoms with Crippen LogP contribution in [0.5, 0.6) is 0 Å². The summed E-state index contributed by atoms with van der Waals surface area (Å²) >= 11 is 7.49. The topological polar surface area (TPSA) is 46.1 Å². The van der Waals surface area contributed by atoms with Crippen LogP contribution in [-0.2, 0) is 4.79 Å². The molecule has 2 atom stereocenters. The van der Waals surface area contributed by atoms with Crippen LogP contribution in [0.25, 0.3) is 10.6 Å². The van der Waals surface area contributed by atoms with Crippen LogP contribution < -0.4 is 4.90 Å². The lowest BCUT2D eigenvalue weighted by atomic mass is 10.3. The van der Waals surface area contributed by atoms with Gasteiger partial charge in [0.05, 0.1) is 6.20 Å². The summed E-state index contributed by atoms with van der Waals surface area (Å²) in [6, 6.07) is 1.35. The molecule has 0 spiro atoms. The van der Waals surface area contributed by atoms with Crippen LogP contribution in [0, 0.1) is 17.7 Å². The smallest absolute Gasteiger partial charge is 0.231 e. The van der Waals surface area contributed by atoms with E-state index in [0.717, 1.165) is 12.6 Å². The van der Waals surface area contributed by atoms with E-state index >= 15 is 0 Å². The van der Waals surface area contributed by atoms with Gasteiger partial charge in [0, 0.05) is 24.2 Å². The van der Waals surface area contributed by atoms with Crippen LogP contribution in [0.3, 0.4) is 0 Å². The number of amides is 1. The molecule has 7 heteroatoms. The molecular formula is C15H15ClFN3OS. The van der Waals surface area contributed by atoms with Gasteiger partial charge in [-0.3, -0.25) is 9.78 Å². The summed E-state index contributed by atoms with van der Waals surface area (Å²) in [5.74, 6) is 0.169. The molecule has 3 rings (SSSR count). The number of halogens is 2. The number of nitrogens with zero attached hydrogens (tertiary/aromatic N) is 3. The molecule has 0 aromatic carbocycles. The van der Waals surface area contributed by atoms with E-state index in [4.69, 9.17) is 11.6 Å². The van der Waals surface area contributed by atoms with Gasteiger partial charge in [0.15, 0.2) is 5.15 Å². The maximum atomic E-state index is 13.3. The van der Waals surface area contributed by atoms with Crippen molar-refractivity contribution in [1.29, 1.82) is 0 Å². The van der Waals surface area contributed by atoms with Crippen molar-refractivity contribution in [2.75, 3.05) is 11.4 Å². The van der Waals surface area contributed by atoms with Crippen LogP contribution in [0.4, 0.5) is 9.39 Å². The zero-order chi connectivity index (χ0) is 15.9. The Labute approximate surface area is 137 Å². The summed E-state index contributed by atoms with van der Waals surface area (Å²) in [4.78, 5) is 22.2. The van der Waals surface area contributed by atoms with Gasteiger partial charge in [-0.05, 0) is 25.3 Å². The third-order valence-electron chi connectivity index (χ3n) is 3.78. The van der Waals surface area contributed by atoms with E-state index in [1.165, 1.54) is 23.6 Å².